The van der Waals surface area contributed by atoms with Gasteiger partial charge in [0.2, 0.25) is 0 Å². The van der Waals surface area contributed by atoms with Crippen molar-refractivity contribution in [1.29, 1.82) is 0 Å². The molecule has 4 aromatic rings. The van der Waals surface area contributed by atoms with Crippen LogP contribution in [0.3, 0.4) is 0 Å². The van der Waals surface area contributed by atoms with E-state index in [1.165, 1.54) is 26.5 Å². The molecule has 4 heterocycles. The molecular weight excluding hydrogens is 432 g/mol. The van der Waals surface area contributed by atoms with E-state index >= 15 is 0 Å². The Kier molecular flexibility index (Phi) is 4.92. The van der Waals surface area contributed by atoms with E-state index in [-0.39, 0.29) is 28.7 Å². The van der Waals surface area contributed by atoms with Gasteiger partial charge in [0.15, 0.2) is 23.1 Å². The molecule has 33 heavy (non-hydrogen) atoms. The van der Waals surface area contributed by atoms with Crippen molar-refractivity contribution in [2.24, 2.45) is 0 Å². The summed E-state index contributed by atoms with van der Waals surface area (Å²) in [6.07, 6.45) is 3.08. The molecule has 0 atom stereocenters. The van der Waals surface area contributed by atoms with Crippen LogP contribution in [0, 0.1) is 11.6 Å². The van der Waals surface area contributed by atoms with E-state index in [1.807, 2.05) is 13.0 Å². The summed E-state index contributed by atoms with van der Waals surface area (Å²) in [5, 5.41) is 7.89. The first-order valence-corrected chi connectivity index (χ1v) is 10.2. The lowest BCUT2D eigenvalue weighted by Gasteiger charge is -2.12. The van der Waals surface area contributed by atoms with Gasteiger partial charge in [-0.1, -0.05) is 0 Å². The topological polar surface area (TPSA) is 93.2 Å². The monoisotopic (exact) mass is 451 g/mol. The van der Waals surface area contributed by atoms with Gasteiger partial charge in [-0.2, -0.15) is 5.10 Å². The number of nitrogens with zero attached hydrogens (tertiary/aromatic N) is 4. The lowest BCUT2D eigenvalue weighted by atomic mass is 10.1. The molecule has 1 aliphatic rings. The third-order valence-electron chi connectivity index (χ3n) is 5.75. The van der Waals surface area contributed by atoms with Gasteiger partial charge in [0.1, 0.15) is 11.4 Å². The smallest absolute Gasteiger partial charge is 0.273 e. The van der Waals surface area contributed by atoms with Crippen molar-refractivity contribution in [2.45, 2.75) is 13.5 Å². The number of amides is 1. The average Bonchev–Trinajstić information content (AvgIpc) is 3.39. The molecule has 1 N–H and O–H groups in total. The van der Waals surface area contributed by atoms with Crippen molar-refractivity contribution >= 4 is 16.8 Å². The molecule has 1 amide bonds. The first kappa shape index (κ1) is 20.8. The summed E-state index contributed by atoms with van der Waals surface area (Å²) in [5.41, 5.74) is 2.78. The number of H-pyrrole nitrogens is 1. The number of carbonyl (C=O) groups is 1. The molecule has 168 valence electrons. The molecule has 0 unspecified atom stereocenters. The Labute approximate surface area is 187 Å². The highest BCUT2D eigenvalue weighted by molar-refractivity contribution is 5.98. The summed E-state index contributed by atoms with van der Waals surface area (Å²) in [5.74, 6) is -2.16. The molecular formula is C23H19F2N5O3. The summed E-state index contributed by atoms with van der Waals surface area (Å²) in [6.45, 7) is 3.01. The van der Waals surface area contributed by atoms with E-state index in [1.54, 1.807) is 11.1 Å². The minimum Gasteiger partial charge on any atom is -0.494 e. The fourth-order valence-electron chi connectivity index (χ4n) is 4.02. The molecule has 0 bridgehead atoms. The number of halogens is 2. The maximum atomic E-state index is 14.9. The van der Waals surface area contributed by atoms with Crippen LogP contribution in [0.1, 0.15) is 23.0 Å². The second-order valence-corrected chi connectivity index (χ2v) is 7.52. The van der Waals surface area contributed by atoms with Gasteiger partial charge in [-0.15, -0.1) is 0 Å². The number of carbonyl (C=O) groups excluding carboxylic acids is 1. The third kappa shape index (κ3) is 3.17. The number of aromatic amines is 1. The standard InChI is InChI=1S/C23H19F2N5O3/c1-4-30-10-12-5-11(8-27-22(12)23(30)31)21-13-9-26-15(6-14(13)28-29-21)18-19(24)16(32-2)7-17(33-3)20(18)25/h5-9H,4,10H2,1-3H3,(H,28,29). The first-order valence-electron chi connectivity index (χ1n) is 10.2. The summed E-state index contributed by atoms with van der Waals surface area (Å²) < 4.78 is 39.8. The molecule has 0 saturated carbocycles. The molecule has 0 aliphatic carbocycles. The largest absolute Gasteiger partial charge is 0.494 e. The van der Waals surface area contributed by atoms with Crippen molar-refractivity contribution < 1.29 is 23.0 Å². The zero-order chi connectivity index (χ0) is 23.3. The van der Waals surface area contributed by atoms with Gasteiger partial charge in [0.05, 0.1) is 31.0 Å². The van der Waals surface area contributed by atoms with Gasteiger partial charge in [-0.25, -0.2) is 8.78 Å². The highest BCUT2D eigenvalue weighted by atomic mass is 19.1. The molecule has 0 saturated heterocycles. The molecule has 1 aromatic carbocycles. The Balaban J connectivity index is 1.59. The highest BCUT2D eigenvalue weighted by Gasteiger charge is 2.28. The summed E-state index contributed by atoms with van der Waals surface area (Å²) in [7, 11) is 2.57. The van der Waals surface area contributed by atoms with Gasteiger partial charge < -0.3 is 14.4 Å². The molecule has 5 rings (SSSR count). The van der Waals surface area contributed by atoms with E-state index < -0.39 is 11.6 Å². The Hall–Kier alpha value is -4.08. The maximum absolute atomic E-state index is 14.9. The van der Waals surface area contributed by atoms with Crippen LogP contribution in [0.15, 0.2) is 30.6 Å². The number of pyridine rings is 2. The van der Waals surface area contributed by atoms with Crippen molar-refractivity contribution in [3.63, 3.8) is 0 Å². The van der Waals surface area contributed by atoms with E-state index in [0.717, 1.165) is 11.6 Å². The maximum Gasteiger partial charge on any atom is 0.273 e. The summed E-state index contributed by atoms with van der Waals surface area (Å²) in [4.78, 5) is 22.6. The normalized spacial score (nSPS) is 13.0. The number of methoxy groups -OCH3 is 2. The third-order valence-corrected chi connectivity index (χ3v) is 5.75. The Bertz CT molecular complexity index is 1390. The second-order valence-electron chi connectivity index (χ2n) is 7.52. The van der Waals surface area contributed by atoms with Crippen LogP contribution < -0.4 is 9.47 Å². The quantitative estimate of drug-likeness (QED) is 0.494. The lowest BCUT2D eigenvalue weighted by molar-refractivity contribution is 0.0783. The van der Waals surface area contributed by atoms with Crippen LogP contribution >= 0.6 is 0 Å². The van der Waals surface area contributed by atoms with Crippen molar-refractivity contribution in [3.05, 3.63) is 53.5 Å². The molecule has 8 nitrogen and oxygen atoms in total. The predicted octanol–water partition coefficient (Wildman–Crippen LogP) is 3.96. The second kappa shape index (κ2) is 7.80. The SMILES string of the molecule is CCN1Cc2cc(-c3n[nH]c4cc(-c5c(F)c(OC)cc(OC)c5F)ncc34)cnc2C1=O. The molecule has 0 fully saturated rings. The fraction of sp³-hybridized carbons (Fsp3) is 0.217. The molecule has 3 aromatic heterocycles. The molecule has 0 spiro atoms. The number of hydrogen-bond acceptors (Lipinski definition) is 6. The average molecular weight is 451 g/mol. The predicted molar refractivity (Wildman–Crippen MR) is 116 cm³/mol. The molecule has 10 heteroatoms. The minimum absolute atomic E-state index is 0.0566. The summed E-state index contributed by atoms with van der Waals surface area (Å²) >= 11 is 0. The van der Waals surface area contributed by atoms with Crippen molar-refractivity contribution in [1.82, 2.24) is 25.1 Å². The van der Waals surface area contributed by atoms with Crippen molar-refractivity contribution in [2.75, 3.05) is 20.8 Å². The van der Waals surface area contributed by atoms with E-state index in [2.05, 4.69) is 20.2 Å². The van der Waals surface area contributed by atoms with Crippen LogP contribution in [0.4, 0.5) is 8.78 Å². The molecule has 0 radical (unpaired) electrons. The van der Waals surface area contributed by atoms with Crippen LogP contribution in [-0.2, 0) is 6.54 Å². The number of hydrogen-bond donors (Lipinski definition) is 1. The van der Waals surface area contributed by atoms with E-state index in [9.17, 15) is 13.6 Å². The van der Waals surface area contributed by atoms with E-state index in [0.29, 0.717) is 40.9 Å². The first-order chi connectivity index (χ1) is 16.0. The lowest BCUT2D eigenvalue weighted by Crippen LogP contribution is -2.23. The van der Waals surface area contributed by atoms with Crippen molar-refractivity contribution in [3.8, 4) is 34.0 Å². The number of ether oxygens (including phenoxy) is 2. The van der Waals surface area contributed by atoms with Crippen LogP contribution in [0.25, 0.3) is 33.4 Å². The van der Waals surface area contributed by atoms with Crippen LogP contribution in [0.5, 0.6) is 11.5 Å². The Morgan fingerprint density at radius 3 is 2.42 bits per heavy atom. The van der Waals surface area contributed by atoms with Gasteiger partial charge in [-0.3, -0.25) is 19.9 Å². The van der Waals surface area contributed by atoms with Gasteiger partial charge in [-0.05, 0) is 19.1 Å². The number of fused-ring (bicyclic) bond motifs is 2. The Morgan fingerprint density at radius 2 is 1.76 bits per heavy atom. The van der Waals surface area contributed by atoms with Gasteiger partial charge in [0.25, 0.3) is 5.91 Å². The Morgan fingerprint density at radius 1 is 1.03 bits per heavy atom. The fourth-order valence-corrected chi connectivity index (χ4v) is 4.02. The number of nitrogens with one attached hydrogen (secondary N) is 1. The zero-order valence-corrected chi connectivity index (χ0v) is 18.1. The number of benzene rings is 1. The zero-order valence-electron chi connectivity index (χ0n) is 18.1. The summed E-state index contributed by atoms with van der Waals surface area (Å²) in [6, 6.07) is 4.54. The van der Waals surface area contributed by atoms with Crippen LogP contribution in [0.2, 0.25) is 0 Å². The molecule has 1 aliphatic heterocycles. The number of rotatable bonds is 5. The van der Waals surface area contributed by atoms with Gasteiger partial charge >= 0.3 is 0 Å². The minimum atomic E-state index is -0.879. The highest BCUT2D eigenvalue weighted by Crippen LogP contribution is 2.38. The van der Waals surface area contributed by atoms with Gasteiger partial charge in [0, 0.05) is 48.1 Å². The van der Waals surface area contributed by atoms with E-state index in [4.69, 9.17) is 9.47 Å². The number of aromatic nitrogens is 4. The van der Waals surface area contributed by atoms with Crippen LogP contribution in [-0.4, -0.2) is 51.7 Å².